The monoisotopic (exact) mass is 378 g/mol. The lowest BCUT2D eigenvalue weighted by molar-refractivity contribution is -0.384. The Morgan fingerprint density at radius 3 is 2.75 bits per heavy atom. The molecule has 1 aromatic heterocycles. The highest BCUT2D eigenvalue weighted by atomic mass is 16.6. The van der Waals surface area contributed by atoms with Gasteiger partial charge >= 0.3 is 0 Å². The summed E-state index contributed by atoms with van der Waals surface area (Å²) in [6.07, 6.45) is 2.50. The predicted molar refractivity (Wildman–Crippen MR) is 100 cm³/mol. The summed E-state index contributed by atoms with van der Waals surface area (Å²) < 4.78 is 5.47. The highest BCUT2D eigenvalue weighted by Gasteiger charge is 2.33. The van der Waals surface area contributed by atoms with E-state index < -0.39 is 4.92 Å². The molecule has 0 aliphatic carbocycles. The molecule has 1 atom stereocenters. The van der Waals surface area contributed by atoms with Gasteiger partial charge in [-0.15, -0.1) is 0 Å². The number of nitro groups is 1. The number of likely N-dealkylation sites (tertiary alicyclic amines) is 1. The van der Waals surface area contributed by atoms with Gasteiger partial charge in [0.05, 0.1) is 4.92 Å². The molecule has 1 unspecified atom stereocenters. The number of non-ortho nitro benzene ring substituents is 1. The standard InChI is InChI=1S/C20H18N4O4/c25-20(15-9-6-10-16(13-15)24(26)27)23-12-5-4-11-17(23)19-21-18(22-28-19)14-7-2-1-3-8-14/h1-3,6-10,13,17H,4-5,11-12H2. The summed E-state index contributed by atoms with van der Waals surface area (Å²) in [5, 5.41) is 15.1. The Hall–Kier alpha value is -3.55. The van der Waals surface area contributed by atoms with E-state index in [0.717, 1.165) is 18.4 Å². The number of benzene rings is 2. The van der Waals surface area contributed by atoms with Crippen molar-refractivity contribution >= 4 is 11.6 Å². The molecule has 3 aromatic rings. The van der Waals surface area contributed by atoms with Crippen LogP contribution in [0.5, 0.6) is 0 Å². The van der Waals surface area contributed by atoms with Crippen molar-refractivity contribution in [2.45, 2.75) is 25.3 Å². The highest BCUT2D eigenvalue weighted by molar-refractivity contribution is 5.95. The van der Waals surface area contributed by atoms with Gasteiger partial charge in [-0.2, -0.15) is 4.98 Å². The van der Waals surface area contributed by atoms with Gasteiger partial charge in [0.15, 0.2) is 0 Å². The molecule has 0 saturated carbocycles. The van der Waals surface area contributed by atoms with Crippen LogP contribution >= 0.6 is 0 Å². The van der Waals surface area contributed by atoms with Crippen LogP contribution in [-0.2, 0) is 0 Å². The molecular weight excluding hydrogens is 360 g/mol. The number of carbonyl (C=O) groups is 1. The van der Waals surface area contributed by atoms with Crippen LogP contribution in [0, 0.1) is 10.1 Å². The normalized spacial score (nSPS) is 16.7. The molecule has 0 bridgehead atoms. The predicted octanol–water partition coefficient (Wildman–Crippen LogP) is 4.01. The largest absolute Gasteiger partial charge is 0.337 e. The molecule has 8 heteroatoms. The maximum absolute atomic E-state index is 13.0. The van der Waals surface area contributed by atoms with Gasteiger partial charge in [0.2, 0.25) is 11.7 Å². The number of nitrogens with zero attached hydrogens (tertiary/aromatic N) is 4. The van der Waals surface area contributed by atoms with Gasteiger partial charge in [-0.3, -0.25) is 14.9 Å². The molecule has 28 heavy (non-hydrogen) atoms. The molecule has 0 spiro atoms. The van der Waals surface area contributed by atoms with E-state index in [0.29, 0.717) is 24.7 Å². The maximum Gasteiger partial charge on any atom is 0.270 e. The van der Waals surface area contributed by atoms with E-state index >= 15 is 0 Å². The molecular formula is C20H18N4O4. The molecule has 2 aromatic carbocycles. The van der Waals surface area contributed by atoms with Gasteiger partial charge in [-0.25, -0.2) is 0 Å². The fourth-order valence-electron chi connectivity index (χ4n) is 3.42. The van der Waals surface area contributed by atoms with Crippen molar-refractivity contribution in [1.82, 2.24) is 15.0 Å². The zero-order chi connectivity index (χ0) is 19.5. The molecule has 8 nitrogen and oxygen atoms in total. The molecule has 1 amide bonds. The van der Waals surface area contributed by atoms with E-state index in [1.54, 1.807) is 11.0 Å². The lowest BCUT2D eigenvalue weighted by Crippen LogP contribution is -2.38. The van der Waals surface area contributed by atoms with Crippen LogP contribution in [0.2, 0.25) is 0 Å². The third-order valence-electron chi connectivity index (χ3n) is 4.83. The van der Waals surface area contributed by atoms with Crippen molar-refractivity contribution < 1.29 is 14.2 Å². The summed E-state index contributed by atoms with van der Waals surface area (Å²) in [5.41, 5.74) is 1.01. The molecule has 1 saturated heterocycles. The summed E-state index contributed by atoms with van der Waals surface area (Å²) >= 11 is 0. The SMILES string of the molecule is O=C(c1cccc([N+](=O)[O-])c1)N1CCCCC1c1nc(-c2ccccc2)no1. The lowest BCUT2D eigenvalue weighted by atomic mass is 10.0. The Balaban J connectivity index is 1.62. The number of amides is 1. The van der Waals surface area contributed by atoms with E-state index in [4.69, 9.17) is 4.52 Å². The number of rotatable bonds is 4. The third-order valence-corrected chi connectivity index (χ3v) is 4.83. The van der Waals surface area contributed by atoms with Gasteiger partial charge < -0.3 is 9.42 Å². The topological polar surface area (TPSA) is 102 Å². The van der Waals surface area contributed by atoms with Crippen LogP contribution in [0.4, 0.5) is 5.69 Å². The quantitative estimate of drug-likeness (QED) is 0.502. The smallest absolute Gasteiger partial charge is 0.270 e. The molecule has 2 heterocycles. The second-order valence-electron chi connectivity index (χ2n) is 6.64. The van der Waals surface area contributed by atoms with Crippen LogP contribution in [-0.4, -0.2) is 32.4 Å². The molecule has 0 radical (unpaired) electrons. The zero-order valence-electron chi connectivity index (χ0n) is 15.0. The van der Waals surface area contributed by atoms with E-state index in [2.05, 4.69) is 10.1 Å². The summed E-state index contributed by atoms with van der Waals surface area (Å²) in [7, 11) is 0. The number of nitro benzene ring substituents is 1. The first-order chi connectivity index (χ1) is 13.6. The van der Waals surface area contributed by atoms with Crippen LogP contribution in [0.25, 0.3) is 11.4 Å². The first kappa shape index (κ1) is 17.8. The van der Waals surface area contributed by atoms with Crippen LogP contribution in [0.1, 0.15) is 41.6 Å². The van der Waals surface area contributed by atoms with Gasteiger partial charge in [-0.05, 0) is 25.3 Å². The van der Waals surface area contributed by atoms with E-state index in [9.17, 15) is 14.9 Å². The summed E-state index contributed by atoms with van der Waals surface area (Å²) in [6.45, 7) is 0.537. The Kier molecular flexibility index (Phi) is 4.84. The Bertz CT molecular complexity index is 1000. The van der Waals surface area contributed by atoms with E-state index in [1.807, 2.05) is 30.3 Å². The van der Waals surface area contributed by atoms with Crippen LogP contribution in [0.15, 0.2) is 59.1 Å². The minimum atomic E-state index is -0.505. The van der Waals surface area contributed by atoms with Gasteiger partial charge in [0.1, 0.15) is 6.04 Å². The molecule has 1 aliphatic heterocycles. The average molecular weight is 378 g/mol. The van der Waals surface area contributed by atoms with Crippen molar-refractivity contribution in [1.29, 1.82) is 0 Å². The fourth-order valence-corrected chi connectivity index (χ4v) is 3.42. The lowest BCUT2D eigenvalue weighted by Gasteiger charge is -2.33. The van der Waals surface area contributed by atoms with Crippen molar-refractivity contribution in [3.8, 4) is 11.4 Å². The van der Waals surface area contributed by atoms with Crippen molar-refractivity contribution in [2.75, 3.05) is 6.54 Å². The first-order valence-corrected chi connectivity index (χ1v) is 9.08. The highest BCUT2D eigenvalue weighted by Crippen LogP contribution is 2.32. The van der Waals surface area contributed by atoms with E-state index in [1.165, 1.54) is 18.2 Å². The van der Waals surface area contributed by atoms with Crippen molar-refractivity contribution in [2.24, 2.45) is 0 Å². The van der Waals surface area contributed by atoms with Gasteiger partial charge in [-0.1, -0.05) is 41.6 Å². The molecule has 1 aliphatic rings. The molecule has 4 rings (SSSR count). The Morgan fingerprint density at radius 2 is 1.96 bits per heavy atom. The number of piperidine rings is 1. The third kappa shape index (κ3) is 3.48. The Morgan fingerprint density at radius 1 is 1.14 bits per heavy atom. The Labute approximate surface area is 160 Å². The van der Waals surface area contributed by atoms with Gasteiger partial charge in [0.25, 0.3) is 11.6 Å². The molecule has 142 valence electrons. The van der Waals surface area contributed by atoms with Gasteiger partial charge in [0, 0.05) is 29.8 Å². The zero-order valence-corrected chi connectivity index (χ0v) is 15.0. The van der Waals surface area contributed by atoms with Crippen LogP contribution in [0.3, 0.4) is 0 Å². The summed E-state index contributed by atoms with van der Waals surface area (Å²) in [5.74, 6) is 0.592. The second kappa shape index (κ2) is 7.59. The number of hydrogen-bond donors (Lipinski definition) is 0. The average Bonchev–Trinajstić information content (AvgIpc) is 3.24. The van der Waals surface area contributed by atoms with Crippen molar-refractivity contribution in [3.05, 3.63) is 76.2 Å². The minimum absolute atomic E-state index is 0.108. The number of aromatic nitrogens is 2. The van der Waals surface area contributed by atoms with Crippen LogP contribution < -0.4 is 0 Å². The van der Waals surface area contributed by atoms with E-state index in [-0.39, 0.29) is 23.2 Å². The van der Waals surface area contributed by atoms with Crippen molar-refractivity contribution in [3.63, 3.8) is 0 Å². The summed E-state index contributed by atoms with van der Waals surface area (Å²) in [6, 6.07) is 14.9. The minimum Gasteiger partial charge on any atom is -0.337 e. The number of carbonyl (C=O) groups excluding carboxylic acids is 1. The maximum atomic E-state index is 13.0. The summed E-state index contributed by atoms with van der Waals surface area (Å²) in [4.78, 5) is 29.7. The number of hydrogen-bond acceptors (Lipinski definition) is 6. The second-order valence-corrected chi connectivity index (χ2v) is 6.64. The molecule has 1 fully saturated rings. The fraction of sp³-hybridized carbons (Fsp3) is 0.250. The molecule has 0 N–H and O–H groups in total. The first-order valence-electron chi connectivity index (χ1n) is 9.08.